The summed E-state index contributed by atoms with van der Waals surface area (Å²) in [7, 11) is 1.53. The fraction of sp³-hybridized carbons (Fsp3) is 0.190. The summed E-state index contributed by atoms with van der Waals surface area (Å²) in [5.41, 5.74) is 2.18. The molecule has 8 heteroatoms. The number of aromatic nitrogens is 3. The average molecular weight is 411 g/mol. The predicted octanol–water partition coefficient (Wildman–Crippen LogP) is 3.82. The molecule has 29 heavy (non-hydrogen) atoms. The maximum absolute atomic E-state index is 13.1. The van der Waals surface area contributed by atoms with Crippen molar-refractivity contribution in [3.63, 3.8) is 0 Å². The number of anilines is 1. The molecule has 4 aromatic rings. The van der Waals surface area contributed by atoms with Crippen LogP contribution in [0.3, 0.4) is 0 Å². The van der Waals surface area contributed by atoms with Gasteiger partial charge < -0.3 is 10.1 Å². The van der Waals surface area contributed by atoms with E-state index in [1.807, 2.05) is 35.9 Å². The monoisotopic (exact) mass is 410 g/mol. The molecule has 2 heterocycles. The minimum absolute atomic E-state index is 0.258. The summed E-state index contributed by atoms with van der Waals surface area (Å²) in [6, 6.07) is 13.4. The van der Waals surface area contributed by atoms with E-state index in [0.29, 0.717) is 27.8 Å². The van der Waals surface area contributed by atoms with Gasteiger partial charge in [0, 0.05) is 22.2 Å². The molecule has 0 aliphatic carbocycles. The van der Waals surface area contributed by atoms with Crippen LogP contribution in [-0.4, -0.2) is 27.2 Å². The van der Waals surface area contributed by atoms with Crippen molar-refractivity contribution in [2.24, 2.45) is 0 Å². The Morgan fingerprint density at radius 1 is 1.21 bits per heavy atom. The quantitative estimate of drug-likeness (QED) is 0.554. The molecule has 2 aromatic carbocycles. The van der Waals surface area contributed by atoms with Crippen LogP contribution in [-0.2, 0) is 4.79 Å². The van der Waals surface area contributed by atoms with Crippen molar-refractivity contribution in [2.75, 3.05) is 12.4 Å². The van der Waals surface area contributed by atoms with E-state index >= 15 is 0 Å². The Morgan fingerprint density at radius 3 is 2.72 bits per heavy atom. The number of nitrogens with one attached hydrogen (secondary N) is 1. The molecule has 0 aliphatic heterocycles. The summed E-state index contributed by atoms with van der Waals surface area (Å²) >= 11 is 6.07. The molecule has 1 N–H and O–H groups in total. The van der Waals surface area contributed by atoms with Crippen LogP contribution >= 0.6 is 11.6 Å². The van der Waals surface area contributed by atoms with Gasteiger partial charge in [0.2, 0.25) is 5.91 Å². The highest BCUT2D eigenvalue weighted by molar-refractivity contribution is 6.31. The highest BCUT2D eigenvalue weighted by Gasteiger charge is 2.23. The van der Waals surface area contributed by atoms with Gasteiger partial charge in [0.1, 0.15) is 11.8 Å². The van der Waals surface area contributed by atoms with E-state index in [4.69, 9.17) is 16.3 Å². The fourth-order valence-electron chi connectivity index (χ4n) is 3.52. The van der Waals surface area contributed by atoms with Crippen molar-refractivity contribution in [3.8, 4) is 5.75 Å². The summed E-state index contributed by atoms with van der Waals surface area (Å²) < 4.78 is 8.94. The molecule has 0 aliphatic rings. The van der Waals surface area contributed by atoms with Crippen LogP contribution in [0.1, 0.15) is 18.7 Å². The van der Waals surface area contributed by atoms with E-state index < -0.39 is 6.04 Å². The Kier molecular flexibility index (Phi) is 4.76. The van der Waals surface area contributed by atoms with Crippen LogP contribution in [0.2, 0.25) is 5.02 Å². The molecule has 0 radical (unpaired) electrons. The largest absolute Gasteiger partial charge is 0.495 e. The van der Waals surface area contributed by atoms with E-state index in [-0.39, 0.29) is 11.5 Å². The van der Waals surface area contributed by atoms with E-state index in [0.717, 1.165) is 10.9 Å². The molecule has 4 rings (SSSR count). The number of hydrogen-bond acceptors (Lipinski definition) is 4. The first-order valence-electron chi connectivity index (χ1n) is 9.04. The van der Waals surface area contributed by atoms with Gasteiger partial charge >= 0.3 is 0 Å². The zero-order chi connectivity index (χ0) is 20.7. The van der Waals surface area contributed by atoms with E-state index in [1.54, 1.807) is 29.6 Å². The molecule has 0 unspecified atom stereocenters. The Hall–Kier alpha value is -3.32. The molecule has 1 amide bonds. The summed E-state index contributed by atoms with van der Waals surface area (Å²) in [5.74, 6) is 0.255. The number of methoxy groups -OCH3 is 1. The minimum atomic E-state index is -0.607. The van der Waals surface area contributed by atoms with Gasteiger partial charge in [-0.05, 0) is 44.2 Å². The zero-order valence-electron chi connectivity index (χ0n) is 16.1. The number of hydrogen-bond donors (Lipinski definition) is 1. The first-order chi connectivity index (χ1) is 13.9. The zero-order valence-corrected chi connectivity index (χ0v) is 16.9. The third-order valence-corrected chi connectivity index (χ3v) is 5.09. The molecule has 0 saturated heterocycles. The number of benzene rings is 2. The van der Waals surface area contributed by atoms with Crippen LogP contribution in [0.25, 0.3) is 16.6 Å². The number of fused-ring (bicyclic) bond motifs is 3. The van der Waals surface area contributed by atoms with Gasteiger partial charge in [0.05, 0.1) is 18.3 Å². The van der Waals surface area contributed by atoms with Gasteiger partial charge in [-0.3, -0.25) is 14.3 Å². The summed E-state index contributed by atoms with van der Waals surface area (Å²) in [6.07, 6.45) is 0. The number of rotatable bonds is 4. The highest BCUT2D eigenvalue weighted by atomic mass is 35.5. The maximum Gasteiger partial charge on any atom is 0.273 e. The fourth-order valence-corrected chi connectivity index (χ4v) is 3.69. The van der Waals surface area contributed by atoms with Crippen LogP contribution in [0.5, 0.6) is 5.75 Å². The van der Waals surface area contributed by atoms with Gasteiger partial charge in [-0.2, -0.15) is 4.98 Å². The lowest BCUT2D eigenvalue weighted by atomic mass is 10.2. The summed E-state index contributed by atoms with van der Waals surface area (Å²) in [6.45, 7) is 3.60. The number of ether oxygens (including phenoxy) is 1. The van der Waals surface area contributed by atoms with Gasteiger partial charge in [0.25, 0.3) is 5.56 Å². The first kappa shape index (κ1) is 19.0. The third-order valence-electron chi connectivity index (χ3n) is 4.86. The molecule has 148 valence electrons. The Bertz CT molecular complexity index is 1310. The van der Waals surface area contributed by atoms with E-state index in [1.165, 1.54) is 13.2 Å². The number of nitrogens with zero attached hydrogens (tertiary/aromatic N) is 3. The van der Waals surface area contributed by atoms with Crippen LogP contribution in [0, 0.1) is 6.92 Å². The van der Waals surface area contributed by atoms with Gasteiger partial charge in [0.15, 0.2) is 5.65 Å². The SMILES string of the molecule is COc1ccc(Cl)cc1NC(=O)[C@@H](C)n1c2ccccc2c2nc(=O)cc(C)n21. The van der Waals surface area contributed by atoms with Gasteiger partial charge in [-0.25, -0.2) is 4.52 Å². The summed E-state index contributed by atoms with van der Waals surface area (Å²) in [4.78, 5) is 29.3. The second kappa shape index (κ2) is 7.25. The van der Waals surface area contributed by atoms with E-state index in [9.17, 15) is 9.59 Å². The average Bonchev–Trinajstić information content (AvgIpc) is 3.02. The topological polar surface area (TPSA) is 77.6 Å². The first-order valence-corrected chi connectivity index (χ1v) is 9.42. The van der Waals surface area contributed by atoms with Crippen LogP contribution in [0.4, 0.5) is 5.69 Å². The predicted molar refractivity (Wildman–Crippen MR) is 113 cm³/mol. The molecule has 2 aromatic heterocycles. The van der Waals surface area contributed by atoms with Crippen molar-refractivity contribution >= 4 is 39.7 Å². The Balaban J connectivity index is 1.85. The molecule has 0 bridgehead atoms. The molecule has 1 atom stereocenters. The van der Waals surface area contributed by atoms with Crippen LogP contribution < -0.4 is 15.6 Å². The standard InChI is InChI=1S/C21H19ClN4O3/c1-12-10-19(27)24-20-15-6-4-5-7-17(15)26(25(12)20)13(2)21(28)23-16-11-14(22)8-9-18(16)29-3/h4-11,13H,1-3H3,(H,23,28)/t13-/m1/s1. The molecular formula is C21H19ClN4O3. The molecule has 0 spiro atoms. The van der Waals surface area contributed by atoms with Crippen LogP contribution in [0.15, 0.2) is 53.3 Å². The normalized spacial score (nSPS) is 12.3. The van der Waals surface area contributed by atoms with Crippen molar-refractivity contribution in [1.82, 2.24) is 14.2 Å². The molecule has 0 saturated carbocycles. The number of carbonyl (C=O) groups excluding carboxylic acids is 1. The van der Waals surface area contributed by atoms with Gasteiger partial charge in [-0.1, -0.05) is 23.7 Å². The minimum Gasteiger partial charge on any atom is -0.495 e. The smallest absolute Gasteiger partial charge is 0.273 e. The third kappa shape index (κ3) is 3.23. The highest BCUT2D eigenvalue weighted by Crippen LogP contribution is 2.30. The number of halogens is 1. The maximum atomic E-state index is 13.1. The number of aryl methyl sites for hydroxylation is 1. The summed E-state index contributed by atoms with van der Waals surface area (Å²) in [5, 5.41) is 4.17. The van der Waals surface area contributed by atoms with Crippen molar-refractivity contribution in [1.29, 1.82) is 0 Å². The van der Waals surface area contributed by atoms with Crippen molar-refractivity contribution in [2.45, 2.75) is 19.9 Å². The van der Waals surface area contributed by atoms with E-state index in [2.05, 4.69) is 10.3 Å². The second-order valence-electron chi connectivity index (χ2n) is 6.74. The Morgan fingerprint density at radius 2 is 1.97 bits per heavy atom. The van der Waals surface area contributed by atoms with Crippen molar-refractivity contribution < 1.29 is 9.53 Å². The van der Waals surface area contributed by atoms with Crippen molar-refractivity contribution in [3.05, 3.63) is 69.6 Å². The lowest BCUT2D eigenvalue weighted by Gasteiger charge is -2.19. The number of para-hydroxylation sites is 1. The molecular weight excluding hydrogens is 392 g/mol. The number of carbonyl (C=O) groups is 1. The lowest BCUT2D eigenvalue weighted by Crippen LogP contribution is -2.27. The molecule has 7 nitrogen and oxygen atoms in total. The van der Waals surface area contributed by atoms with Gasteiger partial charge in [-0.15, -0.1) is 0 Å². The number of amides is 1. The Labute approximate surface area is 171 Å². The lowest BCUT2D eigenvalue weighted by molar-refractivity contribution is -0.119. The molecule has 0 fully saturated rings. The second-order valence-corrected chi connectivity index (χ2v) is 7.18.